The third kappa shape index (κ3) is 3.50. The highest BCUT2D eigenvalue weighted by Crippen LogP contribution is 2.52. The molecule has 2 N–H and O–H groups in total. The Morgan fingerprint density at radius 2 is 1.14 bits per heavy atom. The van der Waals surface area contributed by atoms with E-state index in [2.05, 4.69) is 128 Å². The fourth-order valence-electron chi connectivity index (χ4n) is 5.34. The van der Waals surface area contributed by atoms with E-state index in [1.807, 2.05) is 12.1 Å². The lowest BCUT2D eigenvalue weighted by atomic mass is 9.73. The van der Waals surface area contributed by atoms with Crippen molar-refractivity contribution in [3.8, 4) is 22.3 Å². The van der Waals surface area contributed by atoms with E-state index in [1.165, 1.54) is 39.3 Å². The van der Waals surface area contributed by atoms with Crippen LogP contribution in [0.15, 0.2) is 121 Å². The van der Waals surface area contributed by atoms with E-state index in [1.54, 1.807) is 0 Å². The number of nitrogens with two attached hydrogens (primary N) is 1. The second-order valence-corrected chi connectivity index (χ2v) is 9.71. The fourth-order valence-corrected chi connectivity index (χ4v) is 5.34. The first-order valence-corrected chi connectivity index (χ1v) is 12.1. The lowest BCUT2D eigenvalue weighted by Gasteiger charge is -2.42. The smallest absolute Gasteiger partial charge is 0.0503 e. The first-order chi connectivity index (χ1) is 17.0. The summed E-state index contributed by atoms with van der Waals surface area (Å²) >= 11 is 0. The molecule has 5 aromatic rings. The molecule has 2 heteroatoms. The fraction of sp³-hybridized carbons (Fsp3) is 0.0909. The van der Waals surface area contributed by atoms with Crippen LogP contribution in [0.5, 0.6) is 0 Å². The molecule has 0 saturated heterocycles. The molecule has 1 aliphatic rings. The zero-order valence-corrected chi connectivity index (χ0v) is 20.1. The van der Waals surface area contributed by atoms with Gasteiger partial charge < -0.3 is 10.6 Å². The molecule has 0 fully saturated rings. The van der Waals surface area contributed by atoms with E-state index >= 15 is 0 Å². The monoisotopic (exact) mass is 452 g/mol. The Labute approximate surface area is 207 Å². The Morgan fingerprint density at radius 1 is 0.543 bits per heavy atom. The van der Waals surface area contributed by atoms with Gasteiger partial charge in [0.05, 0.1) is 11.4 Å². The van der Waals surface area contributed by atoms with E-state index in [9.17, 15) is 0 Å². The third-order valence-electron chi connectivity index (χ3n) is 7.21. The summed E-state index contributed by atoms with van der Waals surface area (Å²) in [6.45, 7) is 4.66. The van der Waals surface area contributed by atoms with Gasteiger partial charge >= 0.3 is 0 Å². The molecule has 0 radical (unpaired) electrons. The summed E-state index contributed by atoms with van der Waals surface area (Å²) in [6, 6.07) is 43.0. The lowest BCUT2D eigenvalue weighted by molar-refractivity contribution is 0.632. The van der Waals surface area contributed by atoms with Gasteiger partial charge in [0.15, 0.2) is 0 Å². The largest absolute Gasteiger partial charge is 0.398 e. The number of para-hydroxylation sites is 2. The average molecular weight is 453 g/mol. The van der Waals surface area contributed by atoms with Gasteiger partial charge in [-0.25, -0.2) is 0 Å². The molecule has 0 unspecified atom stereocenters. The summed E-state index contributed by atoms with van der Waals surface area (Å²) in [4.78, 5) is 2.39. The molecule has 0 spiro atoms. The van der Waals surface area contributed by atoms with Crippen molar-refractivity contribution in [2.45, 2.75) is 19.3 Å². The number of rotatable bonds is 3. The molecular weight excluding hydrogens is 424 g/mol. The van der Waals surface area contributed by atoms with E-state index in [0.717, 1.165) is 16.8 Å². The highest BCUT2D eigenvalue weighted by molar-refractivity contribution is 5.88. The minimum Gasteiger partial charge on any atom is -0.398 e. The Balaban J connectivity index is 1.53. The van der Waals surface area contributed by atoms with Crippen molar-refractivity contribution in [2.75, 3.05) is 10.6 Å². The summed E-state index contributed by atoms with van der Waals surface area (Å²) in [5, 5.41) is 0. The molecule has 1 heterocycles. The molecular formula is C33H28N2. The molecule has 0 saturated carbocycles. The predicted molar refractivity (Wildman–Crippen MR) is 149 cm³/mol. The van der Waals surface area contributed by atoms with Gasteiger partial charge in [0, 0.05) is 22.4 Å². The van der Waals surface area contributed by atoms with Crippen LogP contribution in [0.3, 0.4) is 0 Å². The summed E-state index contributed by atoms with van der Waals surface area (Å²) < 4.78 is 0. The maximum atomic E-state index is 6.38. The van der Waals surface area contributed by atoms with Crippen LogP contribution in [0.25, 0.3) is 22.3 Å². The lowest BCUT2D eigenvalue weighted by Crippen LogP contribution is -2.30. The van der Waals surface area contributed by atoms with Crippen LogP contribution in [0.4, 0.5) is 22.7 Å². The third-order valence-corrected chi connectivity index (χ3v) is 7.21. The van der Waals surface area contributed by atoms with Gasteiger partial charge in [0.25, 0.3) is 0 Å². The van der Waals surface area contributed by atoms with Gasteiger partial charge in [-0.15, -0.1) is 0 Å². The minimum absolute atomic E-state index is 0.136. The van der Waals surface area contributed by atoms with E-state index in [0.29, 0.717) is 0 Å². The molecule has 1 aliphatic heterocycles. The first-order valence-electron chi connectivity index (χ1n) is 12.1. The van der Waals surface area contributed by atoms with Crippen LogP contribution in [0, 0.1) is 0 Å². The van der Waals surface area contributed by atoms with Gasteiger partial charge in [-0.05, 0) is 70.3 Å². The topological polar surface area (TPSA) is 29.3 Å². The van der Waals surface area contributed by atoms with Gasteiger partial charge in [0.2, 0.25) is 0 Å². The Hall–Kier alpha value is -4.30. The Kier molecular flexibility index (Phi) is 4.96. The number of fused-ring (bicyclic) bond motifs is 2. The Bertz CT molecular complexity index is 1520. The van der Waals surface area contributed by atoms with Gasteiger partial charge in [0.1, 0.15) is 0 Å². The van der Waals surface area contributed by atoms with Gasteiger partial charge in [-0.1, -0.05) is 92.7 Å². The average Bonchev–Trinajstić information content (AvgIpc) is 2.90. The number of anilines is 4. The minimum atomic E-state index is -0.136. The molecule has 0 amide bonds. The van der Waals surface area contributed by atoms with Crippen LogP contribution in [-0.2, 0) is 5.41 Å². The van der Waals surface area contributed by atoms with Crippen molar-refractivity contribution in [1.29, 1.82) is 0 Å². The van der Waals surface area contributed by atoms with Crippen molar-refractivity contribution in [2.24, 2.45) is 0 Å². The SMILES string of the molecule is CC1(C)c2ccccc2N(c2ccccc2)c2ccc(-c3ccc(N)c(-c4ccccc4)c3)cc21. The highest BCUT2D eigenvalue weighted by atomic mass is 15.2. The maximum absolute atomic E-state index is 6.38. The normalized spacial score (nSPS) is 13.7. The summed E-state index contributed by atoms with van der Waals surface area (Å²) in [5.41, 5.74) is 17.9. The molecule has 0 bridgehead atoms. The summed E-state index contributed by atoms with van der Waals surface area (Å²) in [6.07, 6.45) is 0. The van der Waals surface area contributed by atoms with Crippen molar-refractivity contribution in [1.82, 2.24) is 0 Å². The molecule has 0 aliphatic carbocycles. The molecule has 0 aromatic heterocycles. The van der Waals surface area contributed by atoms with Gasteiger partial charge in [-0.2, -0.15) is 0 Å². The van der Waals surface area contributed by atoms with Crippen LogP contribution < -0.4 is 10.6 Å². The van der Waals surface area contributed by atoms with E-state index < -0.39 is 0 Å². The number of hydrogen-bond acceptors (Lipinski definition) is 2. The molecule has 0 atom stereocenters. The highest BCUT2D eigenvalue weighted by Gasteiger charge is 2.36. The zero-order valence-electron chi connectivity index (χ0n) is 20.1. The van der Waals surface area contributed by atoms with Crippen molar-refractivity contribution < 1.29 is 0 Å². The Morgan fingerprint density at radius 3 is 1.91 bits per heavy atom. The van der Waals surface area contributed by atoms with Crippen LogP contribution >= 0.6 is 0 Å². The molecule has 170 valence electrons. The summed E-state index contributed by atoms with van der Waals surface area (Å²) in [5.74, 6) is 0. The number of nitrogen functional groups attached to an aromatic ring is 1. The van der Waals surface area contributed by atoms with Crippen LogP contribution in [0.1, 0.15) is 25.0 Å². The maximum Gasteiger partial charge on any atom is 0.0503 e. The molecule has 6 rings (SSSR count). The quantitative estimate of drug-likeness (QED) is 0.277. The standard InChI is InChI=1S/C33H28N2/c1-33(2)28-15-9-10-16-31(28)35(26-13-7-4-8-14-26)32-20-18-25(22-29(32)33)24-17-19-30(34)27(21-24)23-11-5-3-6-12-23/h3-22H,34H2,1-2H3. The van der Waals surface area contributed by atoms with E-state index in [4.69, 9.17) is 5.73 Å². The number of hydrogen-bond donors (Lipinski definition) is 1. The molecule has 5 aromatic carbocycles. The van der Waals surface area contributed by atoms with Crippen molar-refractivity contribution in [3.05, 3.63) is 132 Å². The molecule has 2 nitrogen and oxygen atoms in total. The number of benzene rings is 5. The van der Waals surface area contributed by atoms with Crippen molar-refractivity contribution in [3.63, 3.8) is 0 Å². The van der Waals surface area contributed by atoms with Crippen LogP contribution in [0.2, 0.25) is 0 Å². The first kappa shape index (κ1) is 21.2. The predicted octanol–water partition coefficient (Wildman–Crippen LogP) is 8.71. The second-order valence-electron chi connectivity index (χ2n) is 9.71. The van der Waals surface area contributed by atoms with Crippen LogP contribution in [-0.4, -0.2) is 0 Å². The summed E-state index contributed by atoms with van der Waals surface area (Å²) in [7, 11) is 0. The van der Waals surface area contributed by atoms with Gasteiger partial charge in [-0.3, -0.25) is 0 Å². The molecule has 35 heavy (non-hydrogen) atoms. The number of nitrogens with zero attached hydrogens (tertiary/aromatic N) is 1. The van der Waals surface area contributed by atoms with E-state index in [-0.39, 0.29) is 5.41 Å². The zero-order chi connectivity index (χ0) is 24.0. The van der Waals surface area contributed by atoms with Crippen molar-refractivity contribution >= 4 is 22.7 Å². The second kappa shape index (κ2) is 8.18.